The number of H-pyrrole nitrogens is 1. The number of imidazole rings is 1. The van der Waals surface area contributed by atoms with Crippen LogP contribution in [0.4, 0.5) is 0 Å². The first-order chi connectivity index (χ1) is 10.1. The Hall–Kier alpha value is -1.50. The summed E-state index contributed by atoms with van der Waals surface area (Å²) in [5.74, 6) is 0.947. The number of aromatic nitrogens is 4. The van der Waals surface area contributed by atoms with E-state index in [4.69, 9.17) is 0 Å². The number of hydrogen-bond donors (Lipinski definition) is 1. The summed E-state index contributed by atoms with van der Waals surface area (Å²) in [4.78, 5) is 30.7. The van der Waals surface area contributed by atoms with Crippen LogP contribution in [0, 0.1) is 0 Å². The van der Waals surface area contributed by atoms with Crippen LogP contribution in [0.3, 0.4) is 0 Å². The second kappa shape index (κ2) is 6.98. The van der Waals surface area contributed by atoms with Gasteiger partial charge in [0, 0.05) is 19.3 Å². The van der Waals surface area contributed by atoms with Crippen LogP contribution < -0.4 is 11.2 Å². The smallest absolute Gasteiger partial charge is 0.313 e. The van der Waals surface area contributed by atoms with E-state index in [9.17, 15) is 9.59 Å². The van der Waals surface area contributed by atoms with Crippen molar-refractivity contribution in [2.75, 3.05) is 5.75 Å². The first-order valence-corrected chi connectivity index (χ1v) is 8.41. The summed E-state index contributed by atoms with van der Waals surface area (Å²) in [5, 5.41) is 0.828. The van der Waals surface area contributed by atoms with Gasteiger partial charge in [-0.2, -0.15) is 0 Å². The van der Waals surface area contributed by atoms with E-state index >= 15 is 0 Å². The van der Waals surface area contributed by atoms with Gasteiger partial charge in [0.15, 0.2) is 16.3 Å². The highest BCUT2D eigenvalue weighted by atomic mass is 32.2. The van der Waals surface area contributed by atoms with Crippen molar-refractivity contribution < 1.29 is 0 Å². The molecule has 0 aliphatic rings. The molecular weight excluding hydrogens is 288 g/mol. The Bertz CT molecular complexity index is 729. The molecule has 21 heavy (non-hydrogen) atoms. The van der Waals surface area contributed by atoms with Crippen LogP contribution in [0.2, 0.25) is 0 Å². The fraction of sp³-hybridized carbons (Fsp3) is 0.643. The van der Waals surface area contributed by atoms with Crippen LogP contribution in [0.1, 0.15) is 39.5 Å². The van der Waals surface area contributed by atoms with Gasteiger partial charge in [0.25, 0.3) is 5.56 Å². The number of thioether (sulfide) groups is 1. The summed E-state index contributed by atoms with van der Waals surface area (Å²) in [6, 6.07) is 0. The molecule has 2 heterocycles. The summed E-state index contributed by atoms with van der Waals surface area (Å²) in [5.41, 5.74) is 0.212. The first-order valence-electron chi connectivity index (χ1n) is 7.42. The Morgan fingerprint density at radius 3 is 2.62 bits per heavy atom. The molecule has 0 fully saturated rings. The van der Waals surface area contributed by atoms with Crippen molar-refractivity contribution >= 4 is 22.9 Å². The average Bonchev–Trinajstić information content (AvgIpc) is 2.82. The number of unbranched alkanes of at least 4 members (excludes halogenated alkanes) is 2. The van der Waals surface area contributed by atoms with Crippen molar-refractivity contribution in [1.29, 1.82) is 0 Å². The van der Waals surface area contributed by atoms with E-state index in [1.165, 1.54) is 4.57 Å². The molecule has 1 N–H and O–H groups in total. The van der Waals surface area contributed by atoms with Crippen molar-refractivity contribution in [2.24, 2.45) is 7.05 Å². The highest BCUT2D eigenvalue weighted by Gasteiger charge is 2.16. The van der Waals surface area contributed by atoms with Gasteiger partial charge in [-0.1, -0.05) is 38.5 Å². The van der Waals surface area contributed by atoms with Gasteiger partial charge in [0.05, 0.1) is 0 Å². The standard InChI is InChI=1S/C14H22N4O2S/c1-4-6-7-8-18-10-11(15-14(18)21-9-5-2)17(3)13(20)16-12(10)19/h4-9H2,1-3H3,(H,16,19,20). The van der Waals surface area contributed by atoms with Crippen molar-refractivity contribution in [3.05, 3.63) is 20.8 Å². The highest BCUT2D eigenvalue weighted by molar-refractivity contribution is 7.99. The summed E-state index contributed by atoms with van der Waals surface area (Å²) >= 11 is 1.64. The van der Waals surface area contributed by atoms with Crippen LogP contribution in [0.15, 0.2) is 14.7 Å². The molecule has 0 spiro atoms. The molecule has 116 valence electrons. The van der Waals surface area contributed by atoms with Crippen molar-refractivity contribution in [3.8, 4) is 0 Å². The van der Waals surface area contributed by atoms with E-state index in [1.54, 1.807) is 18.8 Å². The summed E-state index contributed by atoms with van der Waals surface area (Å²) < 4.78 is 3.37. The maximum atomic E-state index is 12.2. The zero-order valence-electron chi connectivity index (χ0n) is 12.8. The van der Waals surface area contributed by atoms with Crippen LogP contribution in [0.5, 0.6) is 0 Å². The number of hydrogen-bond acceptors (Lipinski definition) is 4. The molecule has 0 amide bonds. The number of aromatic amines is 1. The fourth-order valence-corrected chi connectivity index (χ4v) is 3.12. The molecule has 0 radical (unpaired) electrons. The van der Waals surface area contributed by atoms with Crippen molar-refractivity contribution in [1.82, 2.24) is 19.1 Å². The maximum Gasteiger partial charge on any atom is 0.329 e. The van der Waals surface area contributed by atoms with Gasteiger partial charge in [-0.15, -0.1) is 0 Å². The molecular formula is C14H22N4O2S. The normalized spacial score (nSPS) is 11.4. The predicted octanol–water partition coefficient (Wildman–Crippen LogP) is 2.12. The lowest BCUT2D eigenvalue weighted by molar-refractivity contribution is 0.577. The SMILES string of the molecule is CCCCCn1c(SCCC)nc2c1c(=O)[nH]c(=O)n2C. The fourth-order valence-electron chi connectivity index (χ4n) is 2.25. The van der Waals surface area contributed by atoms with E-state index in [1.807, 2.05) is 4.57 Å². The highest BCUT2D eigenvalue weighted by Crippen LogP contribution is 2.22. The van der Waals surface area contributed by atoms with Crippen molar-refractivity contribution in [2.45, 2.75) is 51.2 Å². The zero-order chi connectivity index (χ0) is 15.4. The number of rotatable bonds is 7. The lowest BCUT2D eigenvalue weighted by Gasteiger charge is -2.07. The summed E-state index contributed by atoms with van der Waals surface area (Å²) in [6.45, 7) is 5.02. The van der Waals surface area contributed by atoms with Gasteiger partial charge in [-0.25, -0.2) is 9.78 Å². The van der Waals surface area contributed by atoms with Gasteiger partial charge in [0.2, 0.25) is 0 Å². The van der Waals surface area contributed by atoms with Gasteiger partial charge in [-0.3, -0.25) is 14.3 Å². The summed E-state index contributed by atoms with van der Waals surface area (Å²) in [7, 11) is 1.64. The second-order valence-electron chi connectivity index (χ2n) is 5.09. The molecule has 0 atom stereocenters. The molecule has 0 aromatic carbocycles. The molecule has 0 aliphatic heterocycles. The Balaban J connectivity index is 2.56. The molecule has 2 rings (SSSR count). The molecule has 0 aliphatic carbocycles. The Labute approximate surface area is 127 Å². The van der Waals surface area contributed by atoms with Gasteiger partial charge in [-0.05, 0) is 12.8 Å². The number of aryl methyl sites for hydroxylation is 2. The van der Waals surface area contributed by atoms with E-state index in [0.29, 0.717) is 11.2 Å². The van der Waals surface area contributed by atoms with Gasteiger partial charge < -0.3 is 4.57 Å². The molecule has 2 aromatic rings. The van der Waals surface area contributed by atoms with E-state index in [-0.39, 0.29) is 5.56 Å². The van der Waals surface area contributed by atoms with Crippen molar-refractivity contribution in [3.63, 3.8) is 0 Å². The third-order valence-electron chi connectivity index (χ3n) is 3.39. The minimum absolute atomic E-state index is 0.347. The average molecular weight is 310 g/mol. The monoisotopic (exact) mass is 310 g/mol. The molecule has 7 heteroatoms. The third kappa shape index (κ3) is 3.23. The van der Waals surface area contributed by atoms with Crippen LogP contribution in [-0.4, -0.2) is 24.9 Å². The first kappa shape index (κ1) is 15.9. The molecule has 0 saturated carbocycles. The Kier molecular flexibility index (Phi) is 5.27. The number of fused-ring (bicyclic) bond motifs is 1. The van der Waals surface area contributed by atoms with Gasteiger partial charge >= 0.3 is 5.69 Å². The predicted molar refractivity (Wildman–Crippen MR) is 86.1 cm³/mol. The quantitative estimate of drug-likeness (QED) is 0.628. The topological polar surface area (TPSA) is 72.7 Å². The summed E-state index contributed by atoms with van der Waals surface area (Å²) in [6.07, 6.45) is 4.28. The Morgan fingerprint density at radius 1 is 1.19 bits per heavy atom. The lowest BCUT2D eigenvalue weighted by Crippen LogP contribution is -2.29. The molecule has 0 unspecified atom stereocenters. The van der Waals surface area contributed by atoms with E-state index < -0.39 is 5.69 Å². The number of nitrogens with one attached hydrogen (secondary N) is 1. The van der Waals surface area contributed by atoms with E-state index in [0.717, 1.165) is 43.1 Å². The zero-order valence-corrected chi connectivity index (χ0v) is 13.6. The third-order valence-corrected chi connectivity index (χ3v) is 4.57. The molecule has 6 nitrogen and oxygen atoms in total. The molecule has 2 aromatic heterocycles. The van der Waals surface area contributed by atoms with Gasteiger partial charge in [0.1, 0.15) is 0 Å². The maximum absolute atomic E-state index is 12.2. The lowest BCUT2D eigenvalue weighted by atomic mass is 10.2. The second-order valence-corrected chi connectivity index (χ2v) is 6.15. The Morgan fingerprint density at radius 2 is 1.95 bits per heavy atom. The molecule has 0 saturated heterocycles. The molecule has 0 bridgehead atoms. The largest absolute Gasteiger partial charge is 0.329 e. The van der Waals surface area contributed by atoms with Crippen LogP contribution >= 0.6 is 11.8 Å². The van der Waals surface area contributed by atoms with Crippen LogP contribution in [0.25, 0.3) is 11.2 Å². The van der Waals surface area contributed by atoms with Crippen LogP contribution in [-0.2, 0) is 13.6 Å². The minimum atomic E-state index is -0.419. The number of nitrogens with zero attached hydrogens (tertiary/aromatic N) is 3. The minimum Gasteiger partial charge on any atom is -0.313 e. The van der Waals surface area contributed by atoms with E-state index in [2.05, 4.69) is 23.8 Å².